The summed E-state index contributed by atoms with van der Waals surface area (Å²) in [5.41, 5.74) is 3.03. The standard InChI is InChI=1S/C15H23N/c1-12-8-4-5-9-13(12)14-10-6-7-11-15(14)16(2)3/h4-5,8-9,14-15H,6-7,10-11H2,1-3H3/t14-,15+/m0/s1. The van der Waals surface area contributed by atoms with Crippen LogP contribution in [0.2, 0.25) is 0 Å². The molecule has 0 unspecified atom stereocenters. The summed E-state index contributed by atoms with van der Waals surface area (Å²) < 4.78 is 0. The number of aryl methyl sites for hydroxylation is 1. The van der Waals surface area contributed by atoms with Gasteiger partial charge < -0.3 is 4.90 Å². The third-order valence-electron chi connectivity index (χ3n) is 3.98. The van der Waals surface area contributed by atoms with Crippen LogP contribution in [0.25, 0.3) is 0 Å². The summed E-state index contributed by atoms with van der Waals surface area (Å²) in [4.78, 5) is 2.41. The van der Waals surface area contributed by atoms with Crippen LogP contribution in [0, 0.1) is 6.92 Å². The highest BCUT2D eigenvalue weighted by Gasteiger charge is 2.28. The molecule has 0 heterocycles. The van der Waals surface area contributed by atoms with Crippen molar-refractivity contribution < 1.29 is 0 Å². The van der Waals surface area contributed by atoms with Gasteiger partial charge in [0, 0.05) is 6.04 Å². The van der Waals surface area contributed by atoms with E-state index in [0.717, 1.165) is 12.0 Å². The van der Waals surface area contributed by atoms with Gasteiger partial charge >= 0.3 is 0 Å². The summed E-state index contributed by atoms with van der Waals surface area (Å²) in [6.45, 7) is 2.25. The Balaban J connectivity index is 2.27. The molecule has 0 bridgehead atoms. The minimum absolute atomic E-state index is 0.731. The first-order valence-corrected chi connectivity index (χ1v) is 6.42. The van der Waals surface area contributed by atoms with Crippen LogP contribution in [0.15, 0.2) is 24.3 Å². The van der Waals surface area contributed by atoms with Crippen LogP contribution in [0.3, 0.4) is 0 Å². The van der Waals surface area contributed by atoms with Crippen LogP contribution in [0.1, 0.15) is 42.7 Å². The zero-order chi connectivity index (χ0) is 11.5. The predicted molar refractivity (Wildman–Crippen MR) is 69.9 cm³/mol. The largest absolute Gasteiger partial charge is 0.306 e. The second kappa shape index (κ2) is 5.01. The molecule has 0 saturated heterocycles. The van der Waals surface area contributed by atoms with E-state index >= 15 is 0 Å². The van der Waals surface area contributed by atoms with Gasteiger partial charge in [-0.3, -0.25) is 0 Å². The van der Waals surface area contributed by atoms with E-state index in [9.17, 15) is 0 Å². The van der Waals surface area contributed by atoms with Gasteiger partial charge in [0.15, 0.2) is 0 Å². The smallest absolute Gasteiger partial charge is 0.0158 e. The molecule has 1 heteroatoms. The molecule has 0 amide bonds. The molecule has 88 valence electrons. The van der Waals surface area contributed by atoms with E-state index in [4.69, 9.17) is 0 Å². The Bertz CT molecular complexity index is 343. The van der Waals surface area contributed by atoms with Crippen LogP contribution in [-0.2, 0) is 0 Å². The molecule has 1 aromatic carbocycles. The number of likely N-dealkylation sites (N-methyl/N-ethyl adjacent to an activating group) is 1. The number of rotatable bonds is 2. The lowest BCUT2D eigenvalue weighted by molar-refractivity contribution is 0.199. The Morgan fingerprint density at radius 3 is 2.44 bits per heavy atom. The average molecular weight is 217 g/mol. The van der Waals surface area contributed by atoms with Gasteiger partial charge in [-0.1, -0.05) is 37.1 Å². The monoisotopic (exact) mass is 217 g/mol. The van der Waals surface area contributed by atoms with Crippen molar-refractivity contribution in [1.82, 2.24) is 4.90 Å². The van der Waals surface area contributed by atoms with E-state index in [-0.39, 0.29) is 0 Å². The fraction of sp³-hybridized carbons (Fsp3) is 0.600. The number of benzene rings is 1. The molecule has 1 aliphatic rings. The first kappa shape index (κ1) is 11.7. The molecule has 1 aromatic rings. The van der Waals surface area contributed by atoms with Crippen molar-refractivity contribution >= 4 is 0 Å². The molecule has 1 saturated carbocycles. The molecule has 1 nitrogen and oxygen atoms in total. The molecule has 0 spiro atoms. The van der Waals surface area contributed by atoms with E-state index < -0.39 is 0 Å². The summed E-state index contributed by atoms with van der Waals surface area (Å²) in [5, 5.41) is 0. The summed E-state index contributed by atoms with van der Waals surface area (Å²) in [6, 6.07) is 9.63. The fourth-order valence-corrected chi connectivity index (χ4v) is 3.09. The molecule has 1 aliphatic carbocycles. The predicted octanol–water partition coefficient (Wildman–Crippen LogP) is 3.58. The van der Waals surface area contributed by atoms with Crippen LogP contribution in [0.4, 0.5) is 0 Å². The normalized spacial score (nSPS) is 26.0. The Kier molecular flexibility index (Phi) is 3.65. The molecule has 0 aromatic heterocycles. The van der Waals surface area contributed by atoms with Crippen molar-refractivity contribution in [2.75, 3.05) is 14.1 Å². The second-order valence-corrected chi connectivity index (χ2v) is 5.28. The maximum atomic E-state index is 2.41. The maximum Gasteiger partial charge on any atom is 0.0158 e. The van der Waals surface area contributed by atoms with Crippen molar-refractivity contribution in [3.63, 3.8) is 0 Å². The lowest BCUT2D eigenvalue weighted by Gasteiger charge is -2.37. The molecular weight excluding hydrogens is 194 g/mol. The quantitative estimate of drug-likeness (QED) is 0.732. The van der Waals surface area contributed by atoms with E-state index in [0.29, 0.717) is 0 Å². The first-order chi connectivity index (χ1) is 7.70. The van der Waals surface area contributed by atoms with Crippen molar-refractivity contribution in [1.29, 1.82) is 0 Å². The van der Waals surface area contributed by atoms with Gasteiger partial charge in [0.2, 0.25) is 0 Å². The first-order valence-electron chi connectivity index (χ1n) is 6.42. The third-order valence-corrected chi connectivity index (χ3v) is 3.98. The average Bonchev–Trinajstić information content (AvgIpc) is 2.29. The summed E-state index contributed by atoms with van der Waals surface area (Å²) >= 11 is 0. The zero-order valence-electron chi connectivity index (χ0n) is 10.7. The fourth-order valence-electron chi connectivity index (χ4n) is 3.09. The van der Waals surface area contributed by atoms with Crippen molar-refractivity contribution in [3.8, 4) is 0 Å². The minimum atomic E-state index is 0.731. The van der Waals surface area contributed by atoms with E-state index in [1.807, 2.05) is 0 Å². The van der Waals surface area contributed by atoms with Gasteiger partial charge in [0.05, 0.1) is 0 Å². The minimum Gasteiger partial charge on any atom is -0.306 e. The SMILES string of the molecule is Cc1ccccc1[C@@H]1CCCC[C@H]1N(C)C. The highest BCUT2D eigenvalue weighted by atomic mass is 15.1. The van der Waals surface area contributed by atoms with Crippen LogP contribution in [0.5, 0.6) is 0 Å². The molecule has 16 heavy (non-hydrogen) atoms. The Hall–Kier alpha value is -0.820. The van der Waals surface area contributed by atoms with Crippen LogP contribution < -0.4 is 0 Å². The molecule has 2 rings (SSSR count). The molecule has 1 fully saturated rings. The third kappa shape index (κ3) is 2.30. The Morgan fingerprint density at radius 1 is 1.06 bits per heavy atom. The topological polar surface area (TPSA) is 3.24 Å². The van der Waals surface area contributed by atoms with Gasteiger partial charge in [-0.15, -0.1) is 0 Å². The summed E-state index contributed by atoms with van der Waals surface area (Å²) in [6.07, 6.45) is 5.49. The number of nitrogens with zero attached hydrogens (tertiary/aromatic N) is 1. The second-order valence-electron chi connectivity index (χ2n) is 5.28. The van der Waals surface area contributed by atoms with Gasteiger partial charge in [-0.25, -0.2) is 0 Å². The number of hydrogen-bond donors (Lipinski definition) is 0. The summed E-state index contributed by atoms with van der Waals surface area (Å²) in [7, 11) is 4.45. The molecule has 2 atom stereocenters. The maximum absolute atomic E-state index is 2.41. The van der Waals surface area contributed by atoms with E-state index in [1.54, 1.807) is 5.56 Å². The molecule has 0 N–H and O–H groups in total. The van der Waals surface area contributed by atoms with Gasteiger partial charge in [0.1, 0.15) is 0 Å². The molecule has 0 aliphatic heterocycles. The van der Waals surface area contributed by atoms with Crippen molar-refractivity contribution in [3.05, 3.63) is 35.4 Å². The summed E-state index contributed by atoms with van der Waals surface area (Å²) in [5.74, 6) is 0.741. The highest BCUT2D eigenvalue weighted by Crippen LogP contribution is 2.36. The van der Waals surface area contributed by atoms with Crippen molar-refractivity contribution in [2.45, 2.75) is 44.6 Å². The lowest BCUT2D eigenvalue weighted by Crippen LogP contribution is -2.36. The molecule has 0 radical (unpaired) electrons. The van der Waals surface area contributed by atoms with E-state index in [2.05, 4.69) is 50.2 Å². The van der Waals surface area contributed by atoms with Gasteiger partial charge in [0.25, 0.3) is 0 Å². The van der Waals surface area contributed by atoms with E-state index in [1.165, 1.54) is 31.2 Å². The van der Waals surface area contributed by atoms with Crippen molar-refractivity contribution in [2.24, 2.45) is 0 Å². The Morgan fingerprint density at radius 2 is 1.75 bits per heavy atom. The zero-order valence-corrected chi connectivity index (χ0v) is 10.7. The van der Waals surface area contributed by atoms with Crippen LogP contribution >= 0.6 is 0 Å². The Labute approximate surface area is 99.5 Å². The lowest BCUT2D eigenvalue weighted by atomic mass is 9.78. The molecular formula is C15H23N. The van der Waals surface area contributed by atoms with Crippen LogP contribution in [-0.4, -0.2) is 25.0 Å². The highest BCUT2D eigenvalue weighted by molar-refractivity contribution is 5.30. The number of hydrogen-bond acceptors (Lipinski definition) is 1. The van der Waals surface area contributed by atoms with Gasteiger partial charge in [-0.2, -0.15) is 0 Å². The van der Waals surface area contributed by atoms with Gasteiger partial charge in [-0.05, 0) is 50.9 Å².